The highest BCUT2D eigenvalue weighted by Crippen LogP contribution is 2.30. The fraction of sp³-hybridized carbons (Fsp3) is 0.474. The molecule has 1 fully saturated rings. The number of benzene rings is 1. The van der Waals surface area contributed by atoms with Gasteiger partial charge in [0.2, 0.25) is 5.91 Å². The molecule has 1 aromatic carbocycles. The Balaban J connectivity index is 1.81. The Morgan fingerprint density at radius 1 is 1.10 bits per heavy atom. The Morgan fingerprint density at radius 2 is 1.79 bits per heavy atom. The minimum Gasteiger partial charge on any atom is -0.345 e. The summed E-state index contributed by atoms with van der Waals surface area (Å²) in [6.07, 6.45) is 0.00959. The first-order chi connectivity index (χ1) is 13.6. The Kier molecular flexibility index (Phi) is 7.74. The molecule has 2 rings (SSSR count). The number of carbonyl (C=O) groups excluding carboxylic acids is 3. The van der Waals surface area contributed by atoms with Crippen molar-refractivity contribution < 1.29 is 27.6 Å². The molecule has 0 saturated heterocycles. The Hall–Kier alpha value is -2.91. The van der Waals surface area contributed by atoms with Gasteiger partial charge in [0.1, 0.15) is 0 Å². The van der Waals surface area contributed by atoms with Crippen LogP contribution in [0.3, 0.4) is 0 Å². The number of nitrogens with zero attached hydrogens (tertiary/aromatic N) is 1. The summed E-state index contributed by atoms with van der Waals surface area (Å²) in [5, 5.41) is 8.67. The second kappa shape index (κ2) is 10.0. The monoisotopic (exact) mass is 412 g/mol. The SMILES string of the molecule is C/C(CC(=O)Nc1cccc(C(F)(F)F)c1)=N\NC(=O)C(=O)NC1CCCCC1. The van der Waals surface area contributed by atoms with Gasteiger partial charge in [0.05, 0.1) is 12.0 Å². The van der Waals surface area contributed by atoms with Gasteiger partial charge in [-0.2, -0.15) is 18.3 Å². The number of alkyl halides is 3. The molecule has 29 heavy (non-hydrogen) atoms. The summed E-state index contributed by atoms with van der Waals surface area (Å²) in [6, 6.07) is 4.21. The predicted octanol–water partition coefficient (Wildman–Crippen LogP) is 2.98. The zero-order chi connectivity index (χ0) is 21.4. The summed E-state index contributed by atoms with van der Waals surface area (Å²) in [5.41, 5.74) is 1.38. The summed E-state index contributed by atoms with van der Waals surface area (Å²) < 4.78 is 38.1. The lowest BCUT2D eigenvalue weighted by Crippen LogP contribution is -2.44. The molecule has 3 amide bonds. The molecule has 3 N–H and O–H groups in total. The summed E-state index contributed by atoms with van der Waals surface area (Å²) in [7, 11) is 0. The molecule has 0 heterocycles. The van der Waals surface area contributed by atoms with Gasteiger partial charge in [-0.3, -0.25) is 14.4 Å². The number of rotatable bonds is 5. The van der Waals surface area contributed by atoms with E-state index in [4.69, 9.17) is 0 Å². The first-order valence-corrected chi connectivity index (χ1v) is 9.26. The van der Waals surface area contributed by atoms with E-state index in [1.165, 1.54) is 19.1 Å². The van der Waals surface area contributed by atoms with Crippen LogP contribution in [0.5, 0.6) is 0 Å². The van der Waals surface area contributed by atoms with Gasteiger partial charge in [0.25, 0.3) is 0 Å². The predicted molar refractivity (Wildman–Crippen MR) is 101 cm³/mol. The van der Waals surface area contributed by atoms with Gasteiger partial charge in [-0.1, -0.05) is 25.3 Å². The normalized spacial score (nSPS) is 15.5. The van der Waals surface area contributed by atoms with Gasteiger partial charge in [-0.25, -0.2) is 5.43 Å². The average Bonchev–Trinajstić information content (AvgIpc) is 2.66. The quantitative estimate of drug-likeness (QED) is 0.394. The maximum Gasteiger partial charge on any atom is 0.416 e. The molecular weight excluding hydrogens is 389 g/mol. The summed E-state index contributed by atoms with van der Waals surface area (Å²) >= 11 is 0. The Morgan fingerprint density at radius 3 is 2.45 bits per heavy atom. The van der Waals surface area contributed by atoms with Crippen LogP contribution >= 0.6 is 0 Å². The second-order valence-electron chi connectivity index (χ2n) is 6.90. The van der Waals surface area contributed by atoms with Crippen LogP contribution in [0.25, 0.3) is 0 Å². The van der Waals surface area contributed by atoms with Crippen molar-refractivity contribution in [1.82, 2.24) is 10.7 Å². The highest BCUT2D eigenvalue weighted by molar-refractivity contribution is 6.35. The van der Waals surface area contributed by atoms with Gasteiger partial charge < -0.3 is 10.6 Å². The molecule has 0 aliphatic heterocycles. The summed E-state index contributed by atoms with van der Waals surface area (Å²) in [5.74, 6) is -2.33. The molecule has 0 atom stereocenters. The van der Waals surface area contributed by atoms with Gasteiger partial charge in [-0.15, -0.1) is 0 Å². The smallest absolute Gasteiger partial charge is 0.345 e. The van der Waals surface area contributed by atoms with Crippen molar-refractivity contribution >= 4 is 29.1 Å². The van der Waals surface area contributed by atoms with Crippen molar-refractivity contribution in [1.29, 1.82) is 0 Å². The number of amides is 3. The second-order valence-corrected chi connectivity index (χ2v) is 6.90. The third-order valence-corrected chi connectivity index (χ3v) is 4.38. The van der Waals surface area contributed by atoms with E-state index in [0.717, 1.165) is 44.2 Å². The molecule has 0 spiro atoms. The van der Waals surface area contributed by atoms with E-state index in [1.807, 2.05) is 0 Å². The molecule has 0 aromatic heterocycles. The van der Waals surface area contributed by atoms with E-state index >= 15 is 0 Å². The molecule has 1 aromatic rings. The standard InChI is InChI=1S/C19H23F3N4O3/c1-12(25-26-18(29)17(28)24-14-7-3-2-4-8-14)10-16(27)23-15-9-5-6-13(11-15)19(20,21)22/h5-6,9,11,14H,2-4,7-8,10H2,1H3,(H,23,27)(H,24,28)(H,26,29)/b25-12+. The molecule has 0 bridgehead atoms. The number of halogens is 3. The van der Waals surface area contributed by atoms with Gasteiger partial charge in [0.15, 0.2) is 0 Å². The van der Waals surface area contributed by atoms with Crippen molar-refractivity contribution in [2.75, 3.05) is 5.32 Å². The average molecular weight is 412 g/mol. The first kappa shape index (κ1) is 22.4. The third kappa shape index (κ3) is 7.55. The molecule has 7 nitrogen and oxygen atoms in total. The van der Waals surface area contributed by atoms with Crippen LogP contribution in [0.4, 0.5) is 18.9 Å². The maximum absolute atomic E-state index is 12.7. The molecule has 1 aliphatic carbocycles. The highest BCUT2D eigenvalue weighted by Gasteiger charge is 2.30. The number of carbonyl (C=O) groups is 3. The van der Waals surface area contributed by atoms with Crippen LogP contribution < -0.4 is 16.1 Å². The number of nitrogens with one attached hydrogen (secondary N) is 3. The van der Waals surface area contributed by atoms with E-state index in [9.17, 15) is 27.6 Å². The van der Waals surface area contributed by atoms with Crippen molar-refractivity contribution in [2.45, 2.75) is 57.7 Å². The van der Waals surface area contributed by atoms with Crippen molar-refractivity contribution in [3.8, 4) is 0 Å². The molecule has 0 radical (unpaired) electrons. The summed E-state index contributed by atoms with van der Waals surface area (Å²) in [6.45, 7) is 1.45. The van der Waals surface area contributed by atoms with E-state index in [0.29, 0.717) is 0 Å². The van der Waals surface area contributed by atoms with Crippen LogP contribution in [0, 0.1) is 0 Å². The molecule has 0 unspecified atom stereocenters. The van der Waals surface area contributed by atoms with Crippen LogP contribution in [-0.4, -0.2) is 29.5 Å². The molecule has 1 aliphatic rings. The van der Waals surface area contributed by atoms with Crippen molar-refractivity contribution in [2.24, 2.45) is 5.10 Å². The van der Waals surface area contributed by atoms with Gasteiger partial charge >= 0.3 is 18.0 Å². The van der Waals surface area contributed by atoms with Crippen LogP contribution in [-0.2, 0) is 20.6 Å². The molecule has 1 saturated carbocycles. The van der Waals surface area contributed by atoms with Crippen LogP contribution in [0.2, 0.25) is 0 Å². The van der Waals surface area contributed by atoms with E-state index in [2.05, 4.69) is 21.2 Å². The fourth-order valence-corrected chi connectivity index (χ4v) is 2.95. The number of hydrogen-bond donors (Lipinski definition) is 3. The summed E-state index contributed by atoms with van der Waals surface area (Å²) in [4.78, 5) is 35.6. The number of hydrazone groups is 1. The van der Waals surface area contributed by atoms with E-state index < -0.39 is 29.5 Å². The lowest BCUT2D eigenvalue weighted by atomic mass is 9.95. The van der Waals surface area contributed by atoms with Gasteiger partial charge in [-0.05, 0) is 38.0 Å². The van der Waals surface area contributed by atoms with Crippen molar-refractivity contribution in [3.05, 3.63) is 29.8 Å². The maximum atomic E-state index is 12.7. The Labute approximate surface area is 166 Å². The van der Waals surface area contributed by atoms with Crippen molar-refractivity contribution in [3.63, 3.8) is 0 Å². The van der Waals surface area contributed by atoms with E-state index in [-0.39, 0.29) is 23.9 Å². The Bertz CT molecular complexity index is 787. The lowest BCUT2D eigenvalue weighted by molar-refractivity contribution is -0.139. The minimum atomic E-state index is -4.51. The number of hydrogen-bond acceptors (Lipinski definition) is 4. The fourth-order valence-electron chi connectivity index (χ4n) is 2.95. The third-order valence-electron chi connectivity index (χ3n) is 4.38. The highest BCUT2D eigenvalue weighted by atomic mass is 19.4. The van der Waals surface area contributed by atoms with Crippen LogP contribution in [0.15, 0.2) is 29.4 Å². The zero-order valence-electron chi connectivity index (χ0n) is 15.9. The van der Waals surface area contributed by atoms with Crippen LogP contribution in [0.1, 0.15) is 51.0 Å². The molecule has 10 heteroatoms. The first-order valence-electron chi connectivity index (χ1n) is 9.26. The molecular formula is C19H23F3N4O3. The lowest BCUT2D eigenvalue weighted by Gasteiger charge is -2.22. The largest absolute Gasteiger partial charge is 0.416 e. The zero-order valence-corrected chi connectivity index (χ0v) is 15.9. The van der Waals surface area contributed by atoms with Gasteiger partial charge in [0, 0.05) is 17.4 Å². The number of anilines is 1. The minimum absolute atomic E-state index is 0.00600. The topological polar surface area (TPSA) is 99.7 Å². The molecule has 158 valence electrons. The van der Waals surface area contributed by atoms with E-state index in [1.54, 1.807) is 0 Å².